The van der Waals surface area contributed by atoms with E-state index >= 15 is 0 Å². The molecule has 0 unspecified atom stereocenters. The van der Waals surface area contributed by atoms with E-state index in [0.29, 0.717) is 13.2 Å². The molecule has 1 aliphatic rings. The monoisotopic (exact) mass is 276 g/mol. The number of para-hydroxylation sites is 2. The van der Waals surface area contributed by atoms with Crippen LogP contribution in [0.25, 0.3) is 0 Å². The Balaban J connectivity index is 2.03. The van der Waals surface area contributed by atoms with Crippen molar-refractivity contribution in [1.29, 1.82) is 0 Å². The van der Waals surface area contributed by atoms with Crippen LogP contribution in [0.4, 0.5) is 11.4 Å². The lowest BCUT2D eigenvalue weighted by atomic mass is 10.2. The molecular weight excluding hydrogens is 252 g/mol. The van der Waals surface area contributed by atoms with Gasteiger partial charge in [0.1, 0.15) is 6.54 Å². The molecule has 110 valence electrons. The Morgan fingerprint density at radius 2 is 1.85 bits per heavy atom. The number of rotatable bonds is 7. The molecule has 1 aliphatic heterocycles. The van der Waals surface area contributed by atoms with E-state index in [1.165, 1.54) is 24.9 Å². The molecule has 0 radical (unpaired) electrons. The zero-order chi connectivity index (χ0) is 14.4. The van der Waals surface area contributed by atoms with Crippen LogP contribution in [-0.4, -0.2) is 32.3 Å². The maximum Gasteiger partial charge on any atom is 0.325 e. The highest BCUT2D eigenvalue weighted by molar-refractivity contribution is 5.82. The van der Waals surface area contributed by atoms with Crippen molar-refractivity contribution in [1.82, 2.24) is 0 Å². The van der Waals surface area contributed by atoms with Gasteiger partial charge in [-0.2, -0.15) is 0 Å². The molecule has 0 aromatic heterocycles. The molecule has 0 amide bonds. The van der Waals surface area contributed by atoms with Crippen molar-refractivity contribution >= 4 is 17.3 Å². The van der Waals surface area contributed by atoms with Gasteiger partial charge in [0, 0.05) is 6.54 Å². The molecule has 0 atom stereocenters. The molecule has 1 heterocycles. The zero-order valence-corrected chi connectivity index (χ0v) is 12.5. The maximum absolute atomic E-state index is 11.7. The van der Waals surface area contributed by atoms with Gasteiger partial charge in [-0.15, -0.1) is 0 Å². The van der Waals surface area contributed by atoms with E-state index < -0.39 is 0 Å². The third-order valence-corrected chi connectivity index (χ3v) is 3.56. The highest BCUT2D eigenvalue weighted by Crippen LogP contribution is 2.35. The lowest BCUT2D eigenvalue weighted by Crippen LogP contribution is -2.35. The summed E-state index contributed by atoms with van der Waals surface area (Å²) in [5.74, 6) is -0.155. The quantitative estimate of drug-likeness (QED) is 0.566. The predicted molar refractivity (Wildman–Crippen MR) is 82.2 cm³/mol. The molecule has 0 aliphatic carbocycles. The van der Waals surface area contributed by atoms with E-state index in [4.69, 9.17) is 4.74 Å². The number of anilines is 2. The Labute approximate surface area is 121 Å². The molecule has 2 rings (SSSR count). The number of hydrogen-bond donors (Lipinski definition) is 0. The van der Waals surface area contributed by atoms with Crippen LogP contribution in [0.5, 0.6) is 0 Å². The lowest BCUT2D eigenvalue weighted by Gasteiger charge is -2.21. The van der Waals surface area contributed by atoms with Crippen LogP contribution < -0.4 is 9.80 Å². The fraction of sp³-hybridized carbons (Fsp3) is 0.562. The SMILES string of the molecule is CCCCCN1CN(CC(=O)OCC)c2ccccc21. The van der Waals surface area contributed by atoms with E-state index in [2.05, 4.69) is 34.9 Å². The number of hydrogen-bond acceptors (Lipinski definition) is 4. The molecule has 0 N–H and O–H groups in total. The summed E-state index contributed by atoms with van der Waals surface area (Å²) in [5, 5.41) is 0. The molecule has 0 bridgehead atoms. The Kier molecular flexibility index (Phi) is 5.27. The van der Waals surface area contributed by atoms with Gasteiger partial charge in [-0.1, -0.05) is 31.9 Å². The summed E-state index contributed by atoms with van der Waals surface area (Å²) in [5.41, 5.74) is 2.37. The van der Waals surface area contributed by atoms with Gasteiger partial charge in [0.25, 0.3) is 0 Å². The van der Waals surface area contributed by atoms with Gasteiger partial charge < -0.3 is 14.5 Å². The summed E-state index contributed by atoms with van der Waals surface area (Å²) in [6.45, 7) is 6.65. The van der Waals surface area contributed by atoms with Crippen LogP contribution in [0.1, 0.15) is 33.1 Å². The number of benzene rings is 1. The molecule has 0 saturated carbocycles. The summed E-state index contributed by atoms with van der Waals surface area (Å²) in [7, 11) is 0. The number of unbranched alkanes of at least 4 members (excludes halogenated alkanes) is 2. The van der Waals surface area contributed by atoms with E-state index in [0.717, 1.165) is 18.9 Å². The largest absolute Gasteiger partial charge is 0.465 e. The number of nitrogens with zero attached hydrogens (tertiary/aromatic N) is 2. The average Bonchev–Trinajstić information content (AvgIpc) is 2.78. The number of fused-ring (bicyclic) bond motifs is 1. The van der Waals surface area contributed by atoms with Crippen LogP contribution in [0.3, 0.4) is 0 Å². The second-order valence-corrected chi connectivity index (χ2v) is 5.10. The summed E-state index contributed by atoms with van der Waals surface area (Å²) >= 11 is 0. The number of carbonyl (C=O) groups excluding carboxylic acids is 1. The standard InChI is InChI=1S/C16H24N2O2/c1-3-5-8-11-17-13-18(12-16(19)20-4-2)15-10-7-6-9-14(15)17/h6-7,9-10H,3-5,8,11-13H2,1-2H3. The lowest BCUT2D eigenvalue weighted by molar-refractivity contribution is -0.141. The van der Waals surface area contributed by atoms with E-state index in [1.807, 2.05) is 13.0 Å². The topological polar surface area (TPSA) is 32.8 Å². The molecule has 0 fully saturated rings. The van der Waals surface area contributed by atoms with Crippen molar-refractivity contribution in [2.75, 3.05) is 36.2 Å². The molecule has 0 spiro atoms. The van der Waals surface area contributed by atoms with Gasteiger partial charge >= 0.3 is 5.97 Å². The van der Waals surface area contributed by atoms with E-state index in [1.54, 1.807) is 0 Å². The third kappa shape index (κ3) is 3.44. The van der Waals surface area contributed by atoms with Crippen LogP contribution in [0.15, 0.2) is 24.3 Å². The molecule has 1 aromatic rings. The van der Waals surface area contributed by atoms with Crippen molar-refractivity contribution in [2.45, 2.75) is 33.1 Å². The first-order valence-corrected chi connectivity index (χ1v) is 7.50. The van der Waals surface area contributed by atoms with Crippen molar-refractivity contribution in [2.24, 2.45) is 0 Å². The van der Waals surface area contributed by atoms with Gasteiger partial charge in [-0.25, -0.2) is 0 Å². The van der Waals surface area contributed by atoms with Crippen LogP contribution >= 0.6 is 0 Å². The van der Waals surface area contributed by atoms with Gasteiger partial charge in [0.15, 0.2) is 0 Å². The van der Waals surface area contributed by atoms with Crippen LogP contribution in [-0.2, 0) is 9.53 Å². The molecule has 4 heteroatoms. The number of esters is 1. The Hall–Kier alpha value is -1.71. The second-order valence-electron chi connectivity index (χ2n) is 5.10. The minimum Gasteiger partial charge on any atom is -0.465 e. The zero-order valence-electron chi connectivity index (χ0n) is 12.5. The summed E-state index contributed by atoms with van der Waals surface area (Å²) in [6, 6.07) is 8.28. The smallest absolute Gasteiger partial charge is 0.325 e. The minimum atomic E-state index is -0.155. The van der Waals surface area contributed by atoms with Crippen LogP contribution in [0, 0.1) is 0 Å². The Morgan fingerprint density at radius 3 is 2.50 bits per heavy atom. The van der Waals surface area contributed by atoms with Crippen molar-refractivity contribution in [3.63, 3.8) is 0 Å². The molecule has 20 heavy (non-hydrogen) atoms. The molecular formula is C16H24N2O2. The Morgan fingerprint density at radius 1 is 1.15 bits per heavy atom. The average molecular weight is 276 g/mol. The van der Waals surface area contributed by atoms with Gasteiger partial charge in [0.05, 0.1) is 24.7 Å². The highest BCUT2D eigenvalue weighted by atomic mass is 16.5. The first-order valence-electron chi connectivity index (χ1n) is 7.50. The van der Waals surface area contributed by atoms with Gasteiger partial charge in [-0.05, 0) is 25.5 Å². The molecule has 4 nitrogen and oxygen atoms in total. The highest BCUT2D eigenvalue weighted by Gasteiger charge is 2.26. The number of carbonyl (C=O) groups is 1. The predicted octanol–water partition coefficient (Wildman–Crippen LogP) is 3.02. The summed E-state index contributed by atoms with van der Waals surface area (Å²) in [6.07, 6.45) is 3.66. The second kappa shape index (κ2) is 7.17. The maximum atomic E-state index is 11.7. The van der Waals surface area contributed by atoms with Crippen molar-refractivity contribution in [3.8, 4) is 0 Å². The minimum absolute atomic E-state index is 0.155. The third-order valence-electron chi connectivity index (χ3n) is 3.56. The summed E-state index contributed by atoms with van der Waals surface area (Å²) in [4.78, 5) is 16.1. The van der Waals surface area contributed by atoms with E-state index in [-0.39, 0.29) is 5.97 Å². The first-order chi connectivity index (χ1) is 9.76. The first kappa shape index (κ1) is 14.7. The molecule has 0 saturated heterocycles. The van der Waals surface area contributed by atoms with Gasteiger partial charge in [-0.3, -0.25) is 4.79 Å². The Bertz CT molecular complexity index is 448. The number of ether oxygens (including phenoxy) is 1. The van der Waals surface area contributed by atoms with Crippen molar-refractivity contribution < 1.29 is 9.53 Å². The molecule has 1 aromatic carbocycles. The fourth-order valence-electron chi connectivity index (χ4n) is 2.60. The van der Waals surface area contributed by atoms with Gasteiger partial charge in [0.2, 0.25) is 0 Å². The summed E-state index contributed by atoms with van der Waals surface area (Å²) < 4.78 is 5.05. The van der Waals surface area contributed by atoms with Crippen LogP contribution in [0.2, 0.25) is 0 Å². The normalized spacial score (nSPS) is 13.5. The van der Waals surface area contributed by atoms with Crippen molar-refractivity contribution in [3.05, 3.63) is 24.3 Å². The van der Waals surface area contributed by atoms with E-state index in [9.17, 15) is 4.79 Å². The fourth-order valence-corrected chi connectivity index (χ4v) is 2.60.